The largest absolute Gasteiger partial charge is 0.393 e. The van der Waals surface area contributed by atoms with E-state index in [1.807, 2.05) is 13.8 Å². The van der Waals surface area contributed by atoms with Gasteiger partial charge in [0.05, 0.1) is 12.7 Å². The molecule has 24 heavy (non-hydrogen) atoms. The number of fused-ring (bicyclic) bond motifs is 3. The van der Waals surface area contributed by atoms with E-state index in [-0.39, 0.29) is 16.9 Å². The second-order valence-corrected chi connectivity index (χ2v) is 8.63. The second-order valence-electron chi connectivity index (χ2n) is 8.63. The average molecular weight is 339 g/mol. The Labute approximate surface area is 148 Å². The van der Waals surface area contributed by atoms with E-state index in [1.165, 1.54) is 19.3 Å². The van der Waals surface area contributed by atoms with Crippen molar-refractivity contribution in [2.24, 2.45) is 34.5 Å². The molecule has 3 nitrogen and oxygen atoms in total. The molecule has 1 N–H and O–H groups in total. The van der Waals surface area contributed by atoms with Gasteiger partial charge in [0.1, 0.15) is 6.29 Å². The van der Waals surface area contributed by atoms with Crippen molar-refractivity contribution in [1.29, 1.82) is 0 Å². The number of methoxy groups -OCH3 is 1. The maximum atomic E-state index is 11.1. The van der Waals surface area contributed by atoms with E-state index < -0.39 is 0 Å². The first-order chi connectivity index (χ1) is 11.5. The number of aldehydes is 1. The van der Waals surface area contributed by atoms with Crippen LogP contribution in [0.4, 0.5) is 0 Å². The van der Waals surface area contributed by atoms with Crippen molar-refractivity contribution in [3.05, 3.63) is 0 Å². The van der Waals surface area contributed by atoms with Crippen molar-refractivity contribution < 1.29 is 14.6 Å². The predicted molar refractivity (Wildman–Crippen MR) is 97.8 cm³/mol. The Morgan fingerprint density at radius 2 is 1.79 bits per heavy atom. The van der Waals surface area contributed by atoms with E-state index in [4.69, 9.17) is 4.74 Å². The van der Waals surface area contributed by atoms with Crippen molar-refractivity contribution in [2.45, 2.75) is 78.7 Å². The van der Waals surface area contributed by atoms with Gasteiger partial charge in [-0.05, 0) is 73.0 Å². The number of carbonyl (C=O) groups is 1. The molecular formula is C21H38O3. The molecule has 0 spiro atoms. The fourth-order valence-electron chi connectivity index (χ4n) is 6.55. The molecule has 0 aromatic rings. The number of ether oxygens (including phenoxy) is 1. The first-order valence-electron chi connectivity index (χ1n) is 10.1. The molecule has 0 amide bonds. The lowest BCUT2D eigenvalue weighted by Gasteiger charge is -2.58. The van der Waals surface area contributed by atoms with Crippen molar-refractivity contribution in [3.63, 3.8) is 0 Å². The fraction of sp³-hybridized carbons (Fsp3) is 0.952. The minimum atomic E-state index is -0.111. The zero-order valence-electron chi connectivity index (χ0n) is 16.4. The highest BCUT2D eigenvalue weighted by atomic mass is 16.5. The summed E-state index contributed by atoms with van der Waals surface area (Å²) in [6, 6.07) is 0. The van der Waals surface area contributed by atoms with Gasteiger partial charge in [-0.25, -0.2) is 0 Å². The van der Waals surface area contributed by atoms with Gasteiger partial charge in [0.25, 0.3) is 0 Å². The summed E-state index contributed by atoms with van der Waals surface area (Å²) in [5.74, 6) is 2.48. The third-order valence-electron chi connectivity index (χ3n) is 7.85. The molecule has 3 saturated carbocycles. The van der Waals surface area contributed by atoms with Crippen LogP contribution in [0.15, 0.2) is 0 Å². The van der Waals surface area contributed by atoms with Gasteiger partial charge in [0, 0.05) is 13.5 Å². The summed E-state index contributed by atoms with van der Waals surface area (Å²) in [6.07, 6.45) is 8.51. The molecule has 0 bridgehead atoms. The highest BCUT2D eigenvalue weighted by molar-refractivity contribution is 5.50. The Balaban J connectivity index is 0.00000100. The third kappa shape index (κ3) is 3.07. The SMILES string of the molecule is CC.COCC1(C)C(CC=O)CCC2C3CCC(O)C3(C)CCC21. The number of carbonyl (C=O) groups excluding carboxylic acids is 1. The number of aliphatic hydroxyl groups excluding tert-OH is 1. The Morgan fingerprint density at radius 3 is 2.42 bits per heavy atom. The predicted octanol–water partition coefficient (Wildman–Crippen LogP) is 4.47. The summed E-state index contributed by atoms with van der Waals surface area (Å²) < 4.78 is 5.60. The van der Waals surface area contributed by atoms with E-state index in [0.29, 0.717) is 30.1 Å². The molecule has 7 atom stereocenters. The summed E-state index contributed by atoms with van der Waals surface area (Å²) in [4.78, 5) is 11.1. The molecule has 0 heterocycles. The lowest BCUT2D eigenvalue weighted by atomic mass is 9.47. The fourth-order valence-corrected chi connectivity index (χ4v) is 6.55. The van der Waals surface area contributed by atoms with Crippen molar-refractivity contribution in [2.75, 3.05) is 13.7 Å². The standard InChI is InChI=1S/C19H32O3.C2H6/c1-18-10-8-16-14(15(18)6-7-17(18)21)5-4-13(9-11-20)19(16,2)12-22-3;1-2/h11,13-17,21H,4-10,12H2,1-3H3;1-2H3. The van der Waals surface area contributed by atoms with Crippen LogP contribution in [-0.4, -0.2) is 31.2 Å². The molecular weight excluding hydrogens is 300 g/mol. The van der Waals surface area contributed by atoms with Gasteiger partial charge in [0.15, 0.2) is 0 Å². The molecule has 3 fully saturated rings. The Kier molecular flexibility index (Phi) is 6.52. The van der Waals surface area contributed by atoms with Gasteiger partial charge in [-0.1, -0.05) is 27.7 Å². The molecule has 0 aliphatic heterocycles. The highest BCUT2D eigenvalue weighted by Crippen LogP contribution is 2.64. The van der Waals surface area contributed by atoms with Gasteiger partial charge in [-0.15, -0.1) is 0 Å². The zero-order chi connectivity index (χ0) is 18.0. The Bertz CT molecular complexity index is 423. The van der Waals surface area contributed by atoms with Crippen LogP contribution in [0.5, 0.6) is 0 Å². The molecule has 0 saturated heterocycles. The summed E-state index contributed by atoms with van der Waals surface area (Å²) in [5.41, 5.74) is 0.250. The van der Waals surface area contributed by atoms with Crippen molar-refractivity contribution in [3.8, 4) is 0 Å². The van der Waals surface area contributed by atoms with Crippen LogP contribution in [0.1, 0.15) is 72.6 Å². The number of aliphatic hydroxyl groups is 1. The summed E-state index contributed by atoms with van der Waals surface area (Å²) >= 11 is 0. The third-order valence-corrected chi connectivity index (χ3v) is 7.85. The Hall–Kier alpha value is -0.410. The smallest absolute Gasteiger partial charge is 0.120 e. The Morgan fingerprint density at radius 1 is 1.08 bits per heavy atom. The molecule has 3 rings (SSSR count). The molecule has 140 valence electrons. The quantitative estimate of drug-likeness (QED) is 0.769. The minimum absolute atomic E-state index is 0.111. The van der Waals surface area contributed by atoms with E-state index >= 15 is 0 Å². The van der Waals surface area contributed by atoms with Crippen molar-refractivity contribution in [1.82, 2.24) is 0 Å². The van der Waals surface area contributed by atoms with Crippen LogP contribution >= 0.6 is 0 Å². The van der Waals surface area contributed by atoms with Gasteiger partial charge >= 0.3 is 0 Å². The molecule has 3 aliphatic rings. The average Bonchev–Trinajstić information content (AvgIpc) is 2.88. The lowest BCUT2D eigenvalue weighted by molar-refractivity contribution is -0.134. The maximum absolute atomic E-state index is 11.1. The first kappa shape index (κ1) is 19.9. The number of hydrogen-bond acceptors (Lipinski definition) is 3. The number of rotatable bonds is 4. The highest BCUT2D eigenvalue weighted by Gasteiger charge is 2.59. The molecule has 3 heteroatoms. The second kappa shape index (κ2) is 7.86. The van der Waals surface area contributed by atoms with E-state index in [1.54, 1.807) is 7.11 Å². The van der Waals surface area contributed by atoms with E-state index in [9.17, 15) is 9.90 Å². The molecule has 0 radical (unpaired) electrons. The number of hydrogen-bond donors (Lipinski definition) is 1. The zero-order valence-corrected chi connectivity index (χ0v) is 16.4. The first-order valence-corrected chi connectivity index (χ1v) is 10.1. The van der Waals surface area contributed by atoms with Gasteiger partial charge in [0.2, 0.25) is 0 Å². The topological polar surface area (TPSA) is 46.5 Å². The van der Waals surface area contributed by atoms with Gasteiger partial charge < -0.3 is 14.6 Å². The molecule has 7 unspecified atom stereocenters. The van der Waals surface area contributed by atoms with Crippen LogP contribution in [0.25, 0.3) is 0 Å². The van der Waals surface area contributed by atoms with Crippen LogP contribution in [-0.2, 0) is 9.53 Å². The summed E-state index contributed by atoms with van der Waals surface area (Å²) in [5, 5.41) is 10.5. The summed E-state index contributed by atoms with van der Waals surface area (Å²) in [7, 11) is 1.79. The van der Waals surface area contributed by atoms with Crippen molar-refractivity contribution >= 4 is 6.29 Å². The van der Waals surface area contributed by atoms with Gasteiger partial charge in [-0.2, -0.15) is 0 Å². The lowest BCUT2D eigenvalue weighted by Crippen LogP contribution is -2.54. The van der Waals surface area contributed by atoms with Crippen LogP contribution in [0.3, 0.4) is 0 Å². The van der Waals surface area contributed by atoms with Crippen LogP contribution in [0, 0.1) is 34.5 Å². The maximum Gasteiger partial charge on any atom is 0.120 e. The normalized spacial score (nSPS) is 47.2. The molecule has 3 aliphatic carbocycles. The summed E-state index contributed by atoms with van der Waals surface area (Å²) in [6.45, 7) is 9.44. The van der Waals surface area contributed by atoms with Crippen LogP contribution < -0.4 is 0 Å². The minimum Gasteiger partial charge on any atom is -0.393 e. The van der Waals surface area contributed by atoms with Crippen LogP contribution in [0.2, 0.25) is 0 Å². The molecule has 0 aromatic carbocycles. The van der Waals surface area contributed by atoms with E-state index in [0.717, 1.165) is 32.2 Å². The van der Waals surface area contributed by atoms with E-state index in [2.05, 4.69) is 13.8 Å². The van der Waals surface area contributed by atoms with Gasteiger partial charge in [-0.3, -0.25) is 0 Å². The monoisotopic (exact) mass is 338 g/mol. The molecule has 0 aromatic heterocycles.